The van der Waals surface area contributed by atoms with Crippen molar-refractivity contribution in [3.05, 3.63) is 83.4 Å². The zero-order valence-electron chi connectivity index (χ0n) is 18.7. The molecule has 4 aromatic rings. The number of hydrogen-bond acceptors (Lipinski definition) is 5. The molecule has 0 radical (unpaired) electrons. The van der Waals surface area contributed by atoms with Crippen LogP contribution >= 0.6 is 11.3 Å². The molecule has 4 rings (SSSR count). The number of hydrogen-bond donors (Lipinski definition) is 0. The molecule has 164 valence electrons. The van der Waals surface area contributed by atoms with E-state index in [0.717, 1.165) is 26.5 Å². The van der Waals surface area contributed by atoms with Crippen LogP contribution in [0.4, 0.5) is 5.69 Å². The zero-order valence-corrected chi connectivity index (χ0v) is 19.5. The molecule has 1 aromatic heterocycles. The number of anilines is 1. The Morgan fingerprint density at radius 2 is 1.66 bits per heavy atom. The van der Waals surface area contributed by atoms with Crippen LogP contribution < -0.4 is 14.4 Å². The standard InChI is InChI=1S/C26H26N2O3S/c1-26(18-10-6-5-7-11-18,17-24-27-20-12-8-9-13-23(20)32-24)25(29)28(2)19-14-15-21(30-3)22(16-19)31-4/h5-16H,17H2,1-4H3. The van der Waals surface area contributed by atoms with Crippen LogP contribution in [0.25, 0.3) is 10.2 Å². The number of likely N-dealkylation sites (N-methyl/N-ethyl adjacent to an activating group) is 1. The van der Waals surface area contributed by atoms with E-state index >= 15 is 0 Å². The molecule has 1 atom stereocenters. The molecule has 0 spiro atoms. The second-order valence-electron chi connectivity index (χ2n) is 7.85. The molecule has 0 N–H and O–H groups in total. The highest BCUT2D eigenvalue weighted by Crippen LogP contribution is 2.36. The van der Waals surface area contributed by atoms with Gasteiger partial charge < -0.3 is 14.4 Å². The number of aromatic nitrogens is 1. The monoisotopic (exact) mass is 446 g/mol. The smallest absolute Gasteiger partial charge is 0.237 e. The highest BCUT2D eigenvalue weighted by molar-refractivity contribution is 7.18. The lowest BCUT2D eigenvalue weighted by molar-refractivity contribution is -0.123. The fourth-order valence-corrected chi connectivity index (χ4v) is 5.05. The molecule has 32 heavy (non-hydrogen) atoms. The van der Waals surface area contributed by atoms with Gasteiger partial charge in [0.25, 0.3) is 0 Å². The topological polar surface area (TPSA) is 51.7 Å². The van der Waals surface area contributed by atoms with Crippen molar-refractivity contribution in [3.8, 4) is 11.5 Å². The highest BCUT2D eigenvalue weighted by Gasteiger charge is 2.39. The lowest BCUT2D eigenvalue weighted by atomic mass is 9.78. The number of rotatable bonds is 7. The number of nitrogens with zero attached hydrogens (tertiary/aromatic N) is 2. The molecule has 6 heteroatoms. The number of ether oxygens (including phenoxy) is 2. The summed E-state index contributed by atoms with van der Waals surface area (Å²) in [5, 5.41) is 0.937. The van der Waals surface area contributed by atoms with Gasteiger partial charge in [0.15, 0.2) is 11.5 Å². The Kier molecular flexibility index (Phi) is 6.15. The van der Waals surface area contributed by atoms with E-state index in [1.807, 2.05) is 73.7 Å². The molecule has 0 aliphatic rings. The van der Waals surface area contributed by atoms with Crippen LogP contribution in [-0.4, -0.2) is 32.2 Å². The molecule has 5 nitrogen and oxygen atoms in total. The van der Waals surface area contributed by atoms with Crippen molar-refractivity contribution < 1.29 is 14.3 Å². The summed E-state index contributed by atoms with van der Waals surface area (Å²) < 4.78 is 11.9. The number of methoxy groups -OCH3 is 2. The van der Waals surface area contributed by atoms with Gasteiger partial charge in [0.1, 0.15) is 0 Å². The van der Waals surface area contributed by atoms with Gasteiger partial charge in [-0.25, -0.2) is 4.98 Å². The average molecular weight is 447 g/mol. The Bertz CT molecular complexity index is 1210. The SMILES string of the molecule is COc1ccc(N(C)C(=O)C(C)(Cc2nc3ccccc3s2)c2ccccc2)cc1OC. The van der Waals surface area contributed by atoms with Gasteiger partial charge in [0.2, 0.25) is 5.91 Å². The molecular weight excluding hydrogens is 420 g/mol. The summed E-state index contributed by atoms with van der Waals surface area (Å²) in [6, 6.07) is 23.5. The number of fused-ring (bicyclic) bond motifs is 1. The van der Waals surface area contributed by atoms with Crippen molar-refractivity contribution in [1.82, 2.24) is 4.98 Å². The van der Waals surface area contributed by atoms with Crippen LogP contribution in [0.1, 0.15) is 17.5 Å². The number of amides is 1. The summed E-state index contributed by atoms with van der Waals surface area (Å²) >= 11 is 1.64. The molecule has 1 unspecified atom stereocenters. The van der Waals surface area contributed by atoms with Gasteiger partial charge in [-0.15, -0.1) is 11.3 Å². The maximum atomic E-state index is 14.0. The maximum Gasteiger partial charge on any atom is 0.237 e. The first-order chi connectivity index (χ1) is 15.5. The third-order valence-corrected chi connectivity index (χ3v) is 6.82. The van der Waals surface area contributed by atoms with Crippen molar-refractivity contribution in [3.63, 3.8) is 0 Å². The molecule has 0 saturated heterocycles. The lowest BCUT2D eigenvalue weighted by Crippen LogP contribution is -2.45. The molecule has 0 fully saturated rings. The van der Waals surface area contributed by atoms with Gasteiger partial charge in [-0.1, -0.05) is 42.5 Å². The summed E-state index contributed by atoms with van der Waals surface area (Å²) in [5.41, 5.74) is 1.86. The predicted molar refractivity (Wildman–Crippen MR) is 130 cm³/mol. The quantitative estimate of drug-likeness (QED) is 0.377. The van der Waals surface area contributed by atoms with Gasteiger partial charge >= 0.3 is 0 Å². The molecular formula is C26H26N2O3S. The summed E-state index contributed by atoms with van der Waals surface area (Å²) in [5.74, 6) is 1.19. The van der Waals surface area contributed by atoms with Crippen molar-refractivity contribution in [2.45, 2.75) is 18.8 Å². The van der Waals surface area contributed by atoms with E-state index in [-0.39, 0.29) is 5.91 Å². The van der Waals surface area contributed by atoms with E-state index < -0.39 is 5.41 Å². The van der Waals surface area contributed by atoms with Crippen LogP contribution in [0.5, 0.6) is 11.5 Å². The first kappa shape index (κ1) is 21.8. The normalized spacial score (nSPS) is 12.9. The van der Waals surface area contributed by atoms with Crippen molar-refractivity contribution >= 4 is 33.1 Å². The van der Waals surface area contributed by atoms with E-state index in [9.17, 15) is 4.79 Å². The fraction of sp³-hybridized carbons (Fsp3) is 0.231. The Balaban J connectivity index is 1.73. The largest absolute Gasteiger partial charge is 0.493 e. The summed E-state index contributed by atoms with van der Waals surface area (Å²) in [6.45, 7) is 1.99. The Morgan fingerprint density at radius 1 is 0.969 bits per heavy atom. The fourth-order valence-electron chi connectivity index (χ4n) is 3.93. The Morgan fingerprint density at radius 3 is 2.34 bits per heavy atom. The average Bonchev–Trinajstić information content (AvgIpc) is 3.25. The lowest BCUT2D eigenvalue weighted by Gasteiger charge is -2.33. The molecule has 1 amide bonds. The van der Waals surface area contributed by atoms with E-state index in [4.69, 9.17) is 14.5 Å². The van der Waals surface area contributed by atoms with Crippen LogP contribution in [-0.2, 0) is 16.6 Å². The van der Waals surface area contributed by atoms with E-state index in [1.165, 1.54) is 0 Å². The zero-order chi connectivity index (χ0) is 22.7. The van der Waals surface area contributed by atoms with Gasteiger partial charge in [-0.2, -0.15) is 0 Å². The summed E-state index contributed by atoms with van der Waals surface area (Å²) in [4.78, 5) is 20.5. The van der Waals surface area contributed by atoms with Crippen molar-refractivity contribution in [2.24, 2.45) is 0 Å². The highest BCUT2D eigenvalue weighted by atomic mass is 32.1. The summed E-state index contributed by atoms with van der Waals surface area (Å²) in [7, 11) is 4.98. The Hall–Kier alpha value is -3.38. The molecule has 3 aromatic carbocycles. The minimum Gasteiger partial charge on any atom is -0.493 e. The second kappa shape index (κ2) is 9.01. The minimum atomic E-state index is -0.795. The van der Waals surface area contributed by atoms with Crippen LogP contribution in [0.2, 0.25) is 0 Å². The molecule has 0 saturated carbocycles. The summed E-state index contributed by atoms with van der Waals surface area (Å²) in [6.07, 6.45) is 0.507. The Labute approximate surface area is 192 Å². The number of carbonyl (C=O) groups excluding carboxylic acids is 1. The van der Waals surface area contributed by atoms with E-state index in [1.54, 1.807) is 37.5 Å². The first-order valence-electron chi connectivity index (χ1n) is 10.4. The number of benzene rings is 3. The van der Waals surface area contributed by atoms with Gasteiger partial charge in [-0.3, -0.25) is 4.79 Å². The van der Waals surface area contributed by atoms with E-state index in [0.29, 0.717) is 17.9 Å². The van der Waals surface area contributed by atoms with Gasteiger partial charge in [0, 0.05) is 25.2 Å². The number of thiazole rings is 1. The van der Waals surface area contributed by atoms with Gasteiger partial charge in [0.05, 0.1) is 34.9 Å². The third-order valence-electron chi connectivity index (χ3n) is 5.78. The maximum absolute atomic E-state index is 14.0. The first-order valence-corrected chi connectivity index (χ1v) is 11.2. The molecule has 0 bridgehead atoms. The minimum absolute atomic E-state index is 0.0184. The van der Waals surface area contributed by atoms with Crippen LogP contribution in [0.3, 0.4) is 0 Å². The van der Waals surface area contributed by atoms with Crippen molar-refractivity contribution in [1.29, 1.82) is 0 Å². The van der Waals surface area contributed by atoms with Gasteiger partial charge in [-0.05, 0) is 36.8 Å². The molecule has 1 heterocycles. The van der Waals surface area contributed by atoms with Crippen LogP contribution in [0, 0.1) is 0 Å². The predicted octanol–water partition coefficient (Wildman–Crippen LogP) is 5.48. The number of carbonyl (C=O) groups is 1. The molecule has 0 aliphatic carbocycles. The number of para-hydroxylation sites is 1. The van der Waals surface area contributed by atoms with Crippen molar-refractivity contribution in [2.75, 3.05) is 26.2 Å². The van der Waals surface area contributed by atoms with Crippen LogP contribution in [0.15, 0.2) is 72.8 Å². The molecule has 0 aliphatic heterocycles. The van der Waals surface area contributed by atoms with E-state index in [2.05, 4.69) is 6.07 Å². The second-order valence-corrected chi connectivity index (χ2v) is 8.97. The third kappa shape index (κ3) is 4.06.